The van der Waals surface area contributed by atoms with Crippen molar-refractivity contribution in [2.45, 2.75) is 38.6 Å². The average Bonchev–Trinajstić information content (AvgIpc) is 3.26. The van der Waals surface area contributed by atoms with Crippen molar-refractivity contribution >= 4 is 17.7 Å². The number of nitrogens with one attached hydrogen (secondary N) is 1. The van der Waals surface area contributed by atoms with E-state index in [4.69, 9.17) is 9.84 Å². The Balaban J connectivity index is 2.63. The van der Waals surface area contributed by atoms with E-state index in [0.717, 1.165) is 37.3 Å². The molecular formula is C14H27NO3S. The van der Waals surface area contributed by atoms with E-state index in [9.17, 15) is 4.79 Å². The summed E-state index contributed by atoms with van der Waals surface area (Å²) in [5.74, 6) is 2.14. The van der Waals surface area contributed by atoms with Gasteiger partial charge in [-0.2, -0.15) is 11.8 Å². The van der Waals surface area contributed by atoms with Crippen LogP contribution in [0.1, 0.15) is 33.1 Å². The molecule has 0 amide bonds. The van der Waals surface area contributed by atoms with E-state index in [0.29, 0.717) is 5.92 Å². The van der Waals surface area contributed by atoms with Crippen LogP contribution in [0.3, 0.4) is 0 Å². The Morgan fingerprint density at radius 2 is 2.26 bits per heavy atom. The summed E-state index contributed by atoms with van der Waals surface area (Å²) in [5, 5.41) is 12.5. The molecule has 0 aromatic heterocycles. The predicted octanol–water partition coefficient (Wildman–Crippen LogP) is 1.67. The summed E-state index contributed by atoms with van der Waals surface area (Å²) in [7, 11) is 1.47. The fourth-order valence-corrected chi connectivity index (χ4v) is 3.59. The van der Waals surface area contributed by atoms with Crippen LogP contribution in [0.5, 0.6) is 0 Å². The minimum Gasteiger partial charge on any atom is -0.468 e. The Morgan fingerprint density at radius 3 is 2.74 bits per heavy atom. The normalized spacial score (nSPS) is 19.8. The van der Waals surface area contributed by atoms with Crippen molar-refractivity contribution in [2.75, 3.05) is 31.8 Å². The first kappa shape index (κ1) is 16.8. The molecule has 0 spiro atoms. The molecule has 1 aliphatic carbocycles. The third-order valence-corrected chi connectivity index (χ3v) is 5.02. The fraction of sp³-hybridized carbons (Fsp3) is 0.929. The summed E-state index contributed by atoms with van der Waals surface area (Å²) < 4.78 is 5.03. The van der Waals surface area contributed by atoms with Gasteiger partial charge in [0.2, 0.25) is 0 Å². The van der Waals surface area contributed by atoms with Crippen LogP contribution in [0, 0.1) is 11.8 Å². The van der Waals surface area contributed by atoms with Gasteiger partial charge < -0.3 is 15.2 Å². The third-order valence-electron chi connectivity index (χ3n) is 3.56. The maximum absolute atomic E-state index is 12.2. The van der Waals surface area contributed by atoms with Crippen LogP contribution in [-0.2, 0) is 9.53 Å². The summed E-state index contributed by atoms with van der Waals surface area (Å²) in [4.78, 5) is 12.2. The summed E-state index contributed by atoms with van der Waals surface area (Å²) in [5.41, 5.74) is -0.523. The number of esters is 1. The van der Waals surface area contributed by atoms with Crippen LogP contribution in [0.25, 0.3) is 0 Å². The molecule has 0 saturated heterocycles. The van der Waals surface area contributed by atoms with E-state index in [-0.39, 0.29) is 18.5 Å². The van der Waals surface area contributed by atoms with Crippen molar-refractivity contribution in [2.24, 2.45) is 11.8 Å². The van der Waals surface area contributed by atoms with E-state index >= 15 is 0 Å². The number of thioether (sulfide) groups is 1. The summed E-state index contributed by atoms with van der Waals surface area (Å²) in [6, 6.07) is 0. The van der Waals surface area contributed by atoms with Crippen molar-refractivity contribution in [3.8, 4) is 0 Å². The third kappa shape index (κ3) is 4.65. The summed E-state index contributed by atoms with van der Waals surface area (Å²) in [6.45, 7) is 5.15. The smallest absolute Gasteiger partial charge is 0.327 e. The molecule has 0 aromatic rings. The first-order valence-electron chi connectivity index (χ1n) is 7.12. The van der Waals surface area contributed by atoms with Gasteiger partial charge in [0.1, 0.15) is 5.54 Å². The van der Waals surface area contributed by atoms with Crippen LogP contribution in [0.2, 0.25) is 0 Å². The molecule has 0 aromatic carbocycles. The van der Waals surface area contributed by atoms with Crippen molar-refractivity contribution in [3.63, 3.8) is 0 Å². The molecule has 2 N–H and O–H groups in total. The highest BCUT2D eigenvalue weighted by atomic mass is 32.2. The van der Waals surface area contributed by atoms with E-state index < -0.39 is 5.54 Å². The molecular weight excluding hydrogens is 262 g/mol. The Labute approximate surface area is 120 Å². The van der Waals surface area contributed by atoms with E-state index in [1.165, 1.54) is 7.11 Å². The summed E-state index contributed by atoms with van der Waals surface area (Å²) in [6.07, 6.45) is 3.20. The van der Waals surface area contributed by atoms with Crippen LogP contribution < -0.4 is 5.32 Å². The quantitative estimate of drug-likeness (QED) is 0.599. The molecule has 2 unspecified atom stereocenters. The van der Waals surface area contributed by atoms with Crippen LogP contribution in [0.4, 0.5) is 0 Å². The predicted molar refractivity (Wildman–Crippen MR) is 79.3 cm³/mol. The largest absolute Gasteiger partial charge is 0.468 e. The Bertz CT molecular complexity index is 284. The molecule has 1 rings (SSSR count). The lowest BCUT2D eigenvalue weighted by atomic mass is 9.95. The molecule has 0 aliphatic heterocycles. The standard InChI is InChI=1S/C14H27NO3S/c1-4-7-15-14(12-5-6-12,13(17)18-3)10-19-9-11(2)8-16/h11-12,15-16H,4-10H2,1-3H3. The number of aliphatic hydroxyl groups excluding tert-OH is 1. The van der Waals surface area contributed by atoms with Crippen LogP contribution >= 0.6 is 11.8 Å². The molecule has 4 nitrogen and oxygen atoms in total. The second-order valence-electron chi connectivity index (χ2n) is 5.47. The zero-order chi connectivity index (χ0) is 14.3. The molecule has 1 aliphatic rings. The maximum Gasteiger partial charge on any atom is 0.327 e. The van der Waals surface area contributed by atoms with Gasteiger partial charge in [-0.3, -0.25) is 4.79 Å². The first-order valence-corrected chi connectivity index (χ1v) is 8.28. The van der Waals surface area contributed by atoms with Gasteiger partial charge in [0, 0.05) is 12.4 Å². The molecule has 5 heteroatoms. The monoisotopic (exact) mass is 289 g/mol. The number of rotatable bonds is 10. The van der Waals surface area contributed by atoms with Gasteiger partial charge in [0.05, 0.1) is 7.11 Å². The van der Waals surface area contributed by atoms with Gasteiger partial charge in [-0.05, 0) is 43.4 Å². The molecule has 0 heterocycles. The molecule has 19 heavy (non-hydrogen) atoms. The zero-order valence-electron chi connectivity index (χ0n) is 12.3. The number of hydrogen-bond donors (Lipinski definition) is 2. The number of aliphatic hydroxyl groups is 1. The van der Waals surface area contributed by atoms with Gasteiger partial charge in [0.25, 0.3) is 0 Å². The summed E-state index contributed by atoms with van der Waals surface area (Å²) >= 11 is 1.73. The first-order chi connectivity index (χ1) is 9.10. The lowest BCUT2D eigenvalue weighted by Crippen LogP contribution is -2.57. The van der Waals surface area contributed by atoms with Crippen LogP contribution in [-0.4, -0.2) is 48.4 Å². The van der Waals surface area contributed by atoms with Gasteiger partial charge in [-0.25, -0.2) is 0 Å². The molecule has 1 fully saturated rings. The molecule has 2 atom stereocenters. The highest BCUT2D eigenvalue weighted by Gasteiger charge is 2.51. The van der Waals surface area contributed by atoms with Crippen molar-refractivity contribution in [1.82, 2.24) is 5.32 Å². The molecule has 0 radical (unpaired) electrons. The second kappa shape index (κ2) is 8.12. The van der Waals surface area contributed by atoms with Gasteiger partial charge in [0.15, 0.2) is 0 Å². The van der Waals surface area contributed by atoms with Gasteiger partial charge >= 0.3 is 5.97 Å². The highest BCUT2D eigenvalue weighted by molar-refractivity contribution is 7.99. The lowest BCUT2D eigenvalue weighted by Gasteiger charge is -2.32. The van der Waals surface area contributed by atoms with Gasteiger partial charge in [-0.1, -0.05) is 13.8 Å². The Morgan fingerprint density at radius 1 is 1.58 bits per heavy atom. The number of ether oxygens (including phenoxy) is 1. The molecule has 1 saturated carbocycles. The van der Waals surface area contributed by atoms with E-state index in [2.05, 4.69) is 12.2 Å². The topological polar surface area (TPSA) is 58.6 Å². The maximum atomic E-state index is 12.2. The number of hydrogen-bond acceptors (Lipinski definition) is 5. The average molecular weight is 289 g/mol. The number of carbonyl (C=O) groups is 1. The highest BCUT2D eigenvalue weighted by Crippen LogP contribution is 2.42. The lowest BCUT2D eigenvalue weighted by molar-refractivity contribution is -0.148. The van der Waals surface area contributed by atoms with E-state index in [1.54, 1.807) is 11.8 Å². The van der Waals surface area contributed by atoms with Crippen molar-refractivity contribution in [1.29, 1.82) is 0 Å². The Hall–Kier alpha value is -0.260. The minimum atomic E-state index is -0.523. The van der Waals surface area contributed by atoms with Crippen molar-refractivity contribution < 1.29 is 14.6 Å². The SMILES string of the molecule is CCCNC(CSCC(C)CO)(C(=O)OC)C1CC1. The Kier molecular flexibility index (Phi) is 7.18. The van der Waals surface area contributed by atoms with E-state index in [1.807, 2.05) is 6.92 Å². The second-order valence-corrected chi connectivity index (χ2v) is 6.50. The number of carbonyl (C=O) groups excluding carboxylic acids is 1. The number of methoxy groups -OCH3 is 1. The molecule has 0 bridgehead atoms. The van der Waals surface area contributed by atoms with Gasteiger partial charge in [-0.15, -0.1) is 0 Å². The molecule has 112 valence electrons. The minimum absolute atomic E-state index is 0.132. The van der Waals surface area contributed by atoms with Crippen LogP contribution in [0.15, 0.2) is 0 Å². The van der Waals surface area contributed by atoms with Crippen molar-refractivity contribution in [3.05, 3.63) is 0 Å². The zero-order valence-corrected chi connectivity index (χ0v) is 13.1. The fourth-order valence-electron chi connectivity index (χ4n) is 2.19.